The third-order valence-corrected chi connectivity index (χ3v) is 8.78. The lowest BCUT2D eigenvalue weighted by Gasteiger charge is -2.18. The number of thioether (sulfide) groups is 1. The first kappa shape index (κ1) is 24.3. The van der Waals surface area contributed by atoms with Crippen LogP contribution in [0.4, 0.5) is 3.89 Å². The normalized spacial score (nSPS) is 16.7. The number of nitrogens with zero attached hydrogens (tertiary/aromatic N) is 3. The van der Waals surface area contributed by atoms with E-state index in [9.17, 15) is 8.68 Å². The maximum absolute atomic E-state index is 13.5. The smallest absolute Gasteiger partial charge is 0.194 e. The Kier molecular flexibility index (Phi) is 7.14. The van der Waals surface area contributed by atoms with Crippen molar-refractivity contribution in [2.75, 3.05) is 0 Å². The number of fused-ring (bicyclic) bond motifs is 2. The first-order valence-electron chi connectivity index (χ1n) is 11.7. The number of hydrogen-bond acceptors (Lipinski definition) is 6. The zero-order valence-electron chi connectivity index (χ0n) is 19.7. The Morgan fingerprint density at radius 2 is 2.06 bits per heavy atom. The van der Waals surface area contributed by atoms with Crippen molar-refractivity contribution in [1.82, 2.24) is 9.38 Å². The highest BCUT2D eigenvalue weighted by Crippen LogP contribution is 2.34. The molecule has 0 fully saturated rings. The molecule has 0 saturated carbocycles. The number of imidazole rings is 1. The zero-order valence-corrected chi connectivity index (χ0v) is 22.2. The number of ketones is 1. The minimum atomic E-state index is -0.348. The number of aromatic nitrogens is 2. The number of aliphatic imine (C=N–C) groups is 1. The molecular formula is C27H26FN3OS3. The predicted molar refractivity (Wildman–Crippen MR) is 147 cm³/mol. The molecule has 1 atom stereocenters. The first-order chi connectivity index (χ1) is 16.9. The van der Waals surface area contributed by atoms with Crippen LogP contribution >= 0.6 is 35.2 Å². The zero-order chi connectivity index (χ0) is 24.5. The summed E-state index contributed by atoms with van der Waals surface area (Å²) in [4.78, 5) is 24.6. The van der Waals surface area contributed by atoms with Crippen LogP contribution in [0.2, 0.25) is 0 Å². The van der Waals surface area contributed by atoms with Crippen LogP contribution in [-0.4, -0.2) is 25.5 Å². The minimum Gasteiger partial charge on any atom is -0.293 e. The van der Waals surface area contributed by atoms with Crippen molar-refractivity contribution in [2.24, 2.45) is 4.99 Å². The molecule has 0 aliphatic heterocycles. The fourth-order valence-corrected chi connectivity index (χ4v) is 6.76. The van der Waals surface area contributed by atoms with Crippen LogP contribution in [0.15, 0.2) is 69.7 Å². The maximum atomic E-state index is 13.5. The summed E-state index contributed by atoms with van der Waals surface area (Å²) in [5.41, 5.74) is 6.58. The minimum absolute atomic E-state index is 0.0864. The van der Waals surface area contributed by atoms with E-state index in [4.69, 9.17) is 4.99 Å². The van der Waals surface area contributed by atoms with Gasteiger partial charge in [-0.05, 0) is 68.4 Å². The van der Waals surface area contributed by atoms with Gasteiger partial charge in [0.25, 0.3) is 0 Å². The molecule has 0 bridgehead atoms. The van der Waals surface area contributed by atoms with Crippen LogP contribution in [-0.2, 0) is 12.8 Å². The van der Waals surface area contributed by atoms with E-state index >= 15 is 0 Å². The maximum Gasteiger partial charge on any atom is 0.194 e. The molecule has 5 rings (SSSR count). The van der Waals surface area contributed by atoms with E-state index in [0.29, 0.717) is 22.1 Å². The topological polar surface area (TPSA) is 46.7 Å². The average molecular weight is 524 g/mol. The SMILES string of the molecule is C=C(/N=C(\SC(C)C(=O)c1ccc2c(c1)CCCC2)c1c(C)nc2sccn12)C1=CC=C(SF)C1. The van der Waals surface area contributed by atoms with Gasteiger partial charge >= 0.3 is 0 Å². The van der Waals surface area contributed by atoms with Crippen molar-refractivity contribution in [3.8, 4) is 0 Å². The molecule has 2 aliphatic carbocycles. The second-order valence-corrected chi connectivity index (χ2v) is 11.7. The number of rotatable bonds is 7. The lowest BCUT2D eigenvalue weighted by Crippen LogP contribution is -2.18. The highest BCUT2D eigenvalue weighted by Gasteiger charge is 2.25. The van der Waals surface area contributed by atoms with Gasteiger partial charge in [-0.1, -0.05) is 36.5 Å². The van der Waals surface area contributed by atoms with E-state index in [1.807, 2.05) is 42.0 Å². The number of thiazole rings is 1. The van der Waals surface area contributed by atoms with Gasteiger partial charge in [-0.25, -0.2) is 9.98 Å². The molecular weight excluding hydrogens is 498 g/mol. The molecule has 0 saturated heterocycles. The third kappa shape index (κ3) is 4.97. The molecule has 35 heavy (non-hydrogen) atoms. The van der Waals surface area contributed by atoms with Gasteiger partial charge in [0.1, 0.15) is 10.7 Å². The molecule has 0 N–H and O–H groups in total. The summed E-state index contributed by atoms with van der Waals surface area (Å²) in [5.74, 6) is 0.0864. The quantitative estimate of drug-likeness (QED) is 0.181. The van der Waals surface area contributed by atoms with E-state index in [2.05, 4.69) is 23.7 Å². The number of aryl methyl sites for hydroxylation is 3. The van der Waals surface area contributed by atoms with Crippen LogP contribution in [0.25, 0.3) is 4.96 Å². The molecule has 2 heterocycles. The molecule has 2 aromatic heterocycles. The number of hydrogen-bond donors (Lipinski definition) is 0. The van der Waals surface area contributed by atoms with Crippen molar-refractivity contribution < 1.29 is 8.68 Å². The molecule has 2 aliphatic rings. The Morgan fingerprint density at radius 1 is 1.26 bits per heavy atom. The predicted octanol–water partition coefficient (Wildman–Crippen LogP) is 7.68. The summed E-state index contributed by atoms with van der Waals surface area (Å²) in [6.07, 6.45) is 10.6. The lowest BCUT2D eigenvalue weighted by atomic mass is 9.89. The molecule has 0 radical (unpaired) electrons. The Morgan fingerprint density at radius 3 is 2.83 bits per heavy atom. The van der Waals surface area contributed by atoms with E-state index in [0.717, 1.165) is 40.3 Å². The average Bonchev–Trinajstić information content (AvgIpc) is 3.59. The molecule has 4 nitrogen and oxygen atoms in total. The molecule has 8 heteroatoms. The van der Waals surface area contributed by atoms with Gasteiger partial charge in [-0.3, -0.25) is 9.20 Å². The number of carbonyl (C=O) groups excluding carboxylic acids is 1. The van der Waals surface area contributed by atoms with Crippen LogP contribution in [0.1, 0.15) is 59.1 Å². The summed E-state index contributed by atoms with van der Waals surface area (Å²) in [5, 5.41) is 2.33. The number of Topliss-reactive ketones (excluding diaryl/α,β-unsaturated/α-hetero) is 1. The van der Waals surface area contributed by atoms with Crippen LogP contribution in [0, 0.1) is 6.92 Å². The van der Waals surface area contributed by atoms with Gasteiger partial charge in [0.15, 0.2) is 10.7 Å². The summed E-state index contributed by atoms with van der Waals surface area (Å²) >= 11 is 3.24. The Hall–Kier alpha value is -2.42. The molecule has 180 valence electrons. The molecule has 0 spiro atoms. The summed E-state index contributed by atoms with van der Waals surface area (Å²) in [6.45, 7) is 8.05. The molecule has 1 aromatic carbocycles. The van der Waals surface area contributed by atoms with Gasteiger partial charge in [0, 0.05) is 28.5 Å². The Balaban J connectivity index is 1.45. The monoisotopic (exact) mass is 523 g/mol. The third-order valence-electron chi connectivity index (χ3n) is 6.47. The van der Waals surface area contributed by atoms with Crippen molar-refractivity contribution >= 4 is 51.0 Å². The number of halogens is 1. The first-order valence-corrected chi connectivity index (χ1v) is 14.1. The Bertz CT molecular complexity index is 1410. The largest absolute Gasteiger partial charge is 0.293 e. The fraction of sp³-hybridized carbons (Fsp3) is 0.296. The van der Waals surface area contributed by atoms with E-state index in [1.165, 1.54) is 35.7 Å². The van der Waals surface area contributed by atoms with Gasteiger partial charge < -0.3 is 0 Å². The summed E-state index contributed by atoms with van der Waals surface area (Å²) in [6, 6.07) is 6.16. The van der Waals surface area contributed by atoms with E-state index in [-0.39, 0.29) is 23.2 Å². The van der Waals surface area contributed by atoms with Crippen LogP contribution in [0.3, 0.4) is 0 Å². The van der Waals surface area contributed by atoms with Crippen molar-refractivity contribution in [2.45, 2.75) is 51.2 Å². The summed E-state index contributed by atoms with van der Waals surface area (Å²) in [7, 11) is 0. The van der Waals surface area contributed by atoms with E-state index < -0.39 is 0 Å². The van der Waals surface area contributed by atoms with Crippen molar-refractivity contribution in [3.05, 3.63) is 92.8 Å². The molecule has 0 amide bonds. The second kappa shape index (κ2) is 10.3. The van der Waals surface area contributed by atoms with Crippen molar-refractivity contribution in [1.29, 1.82) is 0 Å². The lowest BCUT2D eigenvalue weighted by molar-refractivity contribution is 0.0994. The fourth-order valence-electron chi connectivity index (χ4n) is 4.57. The van der Waals surface area contributed by atoms with Crippen LogP contribution < -0.4 is 0 Å². The molecule has 1 unspecified atom stereocenters. The van der Waals surface area contributed by atoms with Gasteiger partial charge in [-0.2, -0.15) is 3.89 Å². The number of carbonyl (C=O) groups is 1. The van der Waals surface area contributed by atoms with Crippen LogP contribution in [0.5, 0.6) is 0 Å². The highest BCUT2D eigenvalue weighted by atomic mass is 32.2. The Labute approximate surface area is 217 Å². The van der Waals surface area contributed by atoms with Crippen molar-refractivity contribution in [3.63, 3.8) is 0 Å². The molecule has 3 aromatic rings. The highest BCUT2D eigenvalue weighted by molar-refractivity contribution is 8.15. The number of allylic oxidation sites excluding steroid dienone is 4. The van der Waals surface area contributed by atoms with E-state index in [1.54, 1.807) is 17.4 Å². The second-order valence-electron chi connectivity index (χ2n) is 8.86. The van der Waals surface area contributed by atoms with Gasteiger partial charge in [0.05, 0.1) is 28.8 Å². The summed E-state index contributed by atoms with van der Waals surface area (Å²) < 4.78 is 15.1. The van der Waals surface area contributed by atoms with Gasteiger partial charge in [-0.15, -0.1) is 11.3 Å². The number of benzene rings is 1. The standard InChI is InChI=1S/C27H26FN3OS3/c1-16(20-10-11-23(15-20)35-28)29-26(24-17(2)30-27-31(24)12-13-33-27)34-18(3)25(32)22-9-8-19-6-4-5-7-21(19)14-22/h8-14,18H,1,4-7,15H2,2-3H3/b29-26-. The van der Waals surface area contributed by atoms with Gasteiger partial charge in [0.2, 0.25) is 0 Å².